The van der Waals surface area contributed by atoms with Crippen molar-refractivity contribution in [3.8, 4) is 0 Å². The van der Waals surface area contributed by atoms with E-state index in [-0.39, 0.29) is 30.8 Å². The average molecular weight is 564 g/mol. The van der Waals surface area contributed by atoms with Gasteiger partial charge in [0.2, 0.25) is 0 Å². The molecule has 2 aliphatic rings. The van der Waals surface area contributed by atoms with Gasteiger partial charge >= 0.3 is 5.97 Å². The molecule has 2 aliphatic heterocycles. The van der Waals surface area contributed by atoms with Crippen molar-refractivity contribution in [2.75, 3.05) is 18.4 Å². The summed E-state index contributed by atoms with van der Waals surface area (Å²) in [6.45, 7) is 2.01. The van der Waals surface area contributed by atoms with E-state index in [0.717, 1.165) is 19.3 Å². The van der Waals surface area contributed by atoms with Crippen molar-refractivity contribution in [2.45, 2.75) is 126 Å². The fraction of sp³-hybridized carbons (Fsp3) is 0.958. The maximum atomic E-state index is 12.2. The lowest BCUT2D eigenvalue weighted by molar-refractivity contribution is -0.344. The first-order valence-corrected chi connectivity index (χ1v) is 14.2. The van der Waals surface area contributed by atoms with Gasteiger partial charge in [0.15, 0.2) is 12.1 Å². The number of aliphatic hydroxyl groups is 3. The molecular formula is C24H41Cl3O8. The van der Waals surface area contributed by atoms with E-state index >= 15 is 0 Å². The lowest BCUT2D eigenvalue weighted by atomic mass is 10.0. The van der Waals surface area contributed by atoms with Crippen molar-refractivity contribution in [3.05, 3.63) is 0 Å². The summed E-state index contributed by atoms with van der Waals surface area (Å²) in [5, 5.41) is 29.9. The Hall–Kier alpha value is 0.1000. The highest BCUT2D eigenvalue weighted by molar-refractivity contribution is 6.21. The Balaban J connectivity index is 1.75. The standard InChI is InChI=1S/C24H41Cl3O8/c1-2-3-4-5-6-7-8-9-10-11-19(29)32-14-18-20(27)21(30)22(31)23(33-18)35-24(15-26)12-16(28)17(13-25)34-24/h16-18,20-23,28,30-31H,2-15H2,1H3/t16?,17-,18?,20+,21?,22?,23-,24+/m1/s1. The van der Waals surface area contributed by atoms with Gasteiger partial charge in [-0.2, -0.15) is 0 Å². The minimum Gasteiger partial charge on any atom is -0.463 e. The quantitative estimate of drug-likeness (QED) is 0.147. The SMILES string of the molecule is CCCCCCCCCCCC(=O)OCC1O[C@H](O[C@]2(CCl)CC(O)[C@@H](CCl)O2)C(O)C(O)[C@H]1Cl. The van der Waals surface area contributed by atoms with Crippen LogP contribution in [0.25, 0.3) is 0 Å². The van der Waals surface area contributed by atoms with E-state index in [9.17, 15) is 20.1 Å². The Labute approximate surface area is 223 Å². The third-order valence-corrected chi connectivity index (χ3v) is 7.76. The van der Waals surface area contributed by atoms with Crippen LogP contribution < -0.4 is 0 Å². The Morgan fingerprint density at radius 1 is 0.971 bits per heavy atom. The first kappa shape index (κ1) is 31.3. The van der Waals surface area contributed by atoms with Crippen LogP contribution in [0.3, 0.4) is 0 Å². The molecule has 0 amide bonds. The summed E-state index contributed by atoms with van der Waals surface area (Å²) < 4.78 is 22.5. The molecule has 8 atom stereocenters. The molecule has 2 saturated heterocycles. The van der Waals surface area contributed by atoms with Crippen LogP contribution in [-0.2, 0) is 23.7 Å². The van der Waals surface area contributed by atoms with Crippen molar-refractivity contribution in [2.24, 2.45) is 0 Å². The minimum absolute atomic E-state index is 0.0132. The molecule has 2 heterocycles. The van der Waals surface area contributed by atoms with Crippen molar-refractivity contribution in [1.29, 1.82) is 0 Å². The Bertz CT molecular complexity index is 615. The molecule has 0 aromatic heterocycles. The van der Waals surface area contributed by atoms with Crippen LogP contribution in [0.5, 0.6) is 0 Å². The predicted molar refractivity (Wildman–Crippen MR) is 134 cm³/mol. The van der Waals surface area contributed by atoms with Gasteiger partial charge in [0.1, 0.15) is 31.0 Å². The van der Waals surface area contributed by atoms with Gasteiger partial charge < -0.3 is 34.3 Å². The fourth-order valence-electron chi connectivity index (χ4n) is 4.35. The summed E-state index contributed by atoms with van der Waals surface area (Å²) in [6.07, 6.45) is 3.85. The fourth-order valence-corrected chi connectivity index (χ4v) is 5.13. The lowest BCUT2D eigenvalue weighted by Crippen LogP contribution is -2.59. The third kappa shape index (κ3) is 9.73. The van der Waals surface area contributed by atoms with Crippen LogP contribution in [0.2, 0.25) is 0 Å². The number of alkyl halides is 3. The zero-order valence-electron chi connectivity index (χ0n) is 20.5. The van der Waals surface area contributed by atoms with Gasteiger partial charge in [-0.15, -0.1) is 34.8 Å². The summed E-state index contributed by atoms with van der Waals surface area (Å²) in [4.78, 5) is 12.2. The topological polar surface area (TPSA) is 115 Å². The van der Waals surface area contributed by atoms with Gasteiger partial charge in [0.05, 0.1) is 23.2 Å². The average Bonchev–Trinajstić information content (AvgIpc) is 3.18. The van der Waals surface area contributed by atoms with E-state index in [2.05, 4.69) is 6.92 Å². The number of halogens is 3. The predicted octanol–water partition coefficient (Wildman–Crippen LogP) is 3.84. The second kappa shape index (κ2) is 16.1. The highest BCUT2D eigenvalue weighted by Gasteiger charge is 2.52. The molecule has 11 heteroatoms. The van der Waals surface area contributed by atoms with Crippen molar-refractivity contribution in [3.63, 3.8) is 0 Å². The van der Waals surface area contributed by atoms with E-state index in [1.165, 1.54) is 38.5 Å². The highest BCUT2D eigenvalue weighted by Crippen LogP contribution is 2.37. The zero-order valence-corrected chi connectivity index (χ0v) is 22.7. The first-order valence-electron chi connectivity index (χ1n) is 12.7. The first-order chi connectivity index (χ1) is 16.8. The van der Waals surface area contributed by atoms with Crippen molar-refractivity contribution < 1.29 is 39.1 Å². The molecule has 35 heavy (non-hydrogen) atoms. The summed E-state index contributed by atoms with van der Waals surface area (Å²) in [6, 6.07) is 0. The van der Waals surface area contributed by atoms with E-state index in [0.29, 0.717) is 6.42 Å². The number of aliphatic hydroxyl groups excluding tert-OH is 3. The molecule has 8 nitrogen and oxygen atoms in total. The maximum Gasteiger partial charge on any atom is 0.305 e. The molecule has 0 spiro atoms. The van der Waals surface area contributed by atoms with E-state index in [4.69, 9.17) is 53.8 Å². The molecule has 3 N–H and O–H groups in total. The molecule has 2 fully saturated rings. The zero-order chi connectivity index (χ0) is 25.8. The van der Waals surface area contributed by atoms with E-state index in [1.807, 2.05) is 0 Å². The number of hydrogen-bond donors (Lipinski definition) is 3. The summed E-state index contributed by atoms with van der Waals surface area (Å²) in [7, 11) is 0. The number of carbonyl (C=O) groups excluding carboxylic acids is 1. The molecule has 0 radical (unpaired) electrons. The molecule has 0 saturated carbocycles. The largest absolute Gasteiger partial charge is 0.463 e. The Morgan fingerprint density at radius 3 is 2.17 bits per heavy atom. The molecule has 0 aliphatic carbocycles. The van der Waals surface area contributed by atoms with Gasteiger partial charge in [0.25, 0.3) is 0 Å². The lowest BCUT2D eigenvalue weighted by Gasteiger charge is -2.42. The van der Waals surface area contributed by atoms with Crippen LogP contribution >= 0.6 is 34.8 Å². The molecule has 4 unspecified atom stereocenters. The number of esters is 1. The van der Waals surface area contributed by atoms with Gasteiger partial charge in [-0.05, 0) is 6.42 Å². The second-order valence-electron chi connectivity index (χ2n) is 9.47. The highest BCUT2D eigenvalue weighted by atomic mass is 35.5. The summed E-state index contributed by atoms with van der Waals surface area (Å²) in [5.74, 6) is -1.96. The second-order valence-corrected chi connectivity index (χ2v) is 10.6. The monoisotopic (exact) mass is 562 g/mol. The van der Waals surface area contributed by atoms with Crippen LogP contribution in [-0.4, -0.2) is 87.6 Å². The minimum atomic E-state index is -1.50. The van der Waals surface area contributed by atoms with Gasteiger partial charge in [-0.25, -0.2) is 0 Å². The molecule has 0 aromatic carbocycles. The maximum absolute atomic E-state index is 12.2. The summed E-state index contributed by atoms with van der Waals surface area (Å²) in [5.41, 5.74) is 0. The number of hydrogen-bond acceptors (Lipinski definition) is 8. The Kier molecular flexibility index (Phi) is 14.4. The number of carbonyl (C=O) groups is 1. The van der Waals surface area contributed by atoms with Gasteiger partial charge in [-0.1, -0.05) is 58.3 Å². The molecular weight excluding hydrogens is 523 g/mol. The normalized spacial score (nSPS) is 35.3. The van der Waals surface area contributed by atoms with Crippen LogP contribution in [0.1, 0.15) is 77.6 Å². The molecule has 0 bridgehead atoms. The molecule has 0 aromatic rings. The van der Waals surface area contributed by atoms with Crippen molar-refractivity contribution in [1.82, 2.24) is 0 Å². The molecule has 206 valence electrons. The van der Waals surface area contributed by atoms with Crippen LogP contribution in [0.4, 0.5) is 0 Å². The van der Waals surface area contributed by atoms with Crippen LogP contribution in [0, 0.1) is 0 Å². The number of rotatable bonds is 16. The smallest absolute Gasteiger partial charge is 0.305 e. The third-order valence-electron chi connectivity index (χ3n) is 6.51. The van der Waals surface area contributed by atoms with Crippen LogP contribution in [0.15, 0.2) is 0 Å². The summed E-state index contributed by atoms with van der Waals surface area (Å²) >= 11 is 18.1. The Morgan fingerprint density at radius 2 is 1.60 bits per heavy atom. The number of unbranched alkanes of at least 4 members (excludes halogenated alkanes) is 8. The van der Waals surface area contributed by atoms with Gasteiger partial charge in [-0.3, -0.25) is 4.79 Å². The van der Waals surface area contributed by atoms with Gasteiger partial charge in [0, 0.05) is 12.8 Å². The van der Waals surface area contributed by atoms with Crippen molar-refractivity contribution >= 4 is 40.8 Å². The number of ether oxygens (including phenoxy) is 4. The molecule has 2 rings (SSSR count). The van der Waals surface area contributed by atoms with E-state index < -0.39 is 48.0 Å². The van der Waals surface area contributed by atoms with E-state index in [1.54, 1.807) is 0 Å².